The molecular formula is C19H26N4O2. The molecule has 134 valence electrons. The standard InChI is InChI=1S/C19H26N4O2/c24-17(16-5-9-20-21-13-16)22-10-6-19(7-11-22)8-12-23(18(19)25)14-15-3-1-2-4-15/h5,9,13,15H,1-4,6-8,10-12,14H2. The predicted molar refractivity (Wildman–Crippen MR) is 92.8 cm³/mol. The van der Waals surface area contributed by atoms with Crippen molar-refractivity contribution in [1.29, 1.82) is 0 Å². The molecule has 2 saturated heterocycles. The van der Waals surface area contributed by atoms with E-state index in [0.29, 0.717) is 30.5 Å². The van der Waals surface area contributed by atoms with Crippen LogP contribution in [0.15, 0.2) is 18.5 Å². The maximum atomic E-state index is 13.0. The zero-order chi connectivity index (χ0) is 17.3. The van der Waals surface area contributed by atoms with Gasteiger partial charge in [0, 0.05) is 26.2 Å². The lowest BCUT2D eigenvalue weighted by atomic mass is 9.77. The average Bonchev–Trinajstić information content (AvgIpc) is 3.27. The molecule has 1 aromatic heterocycles. The number of aromatic nitrogens is 2. The normalized spacial score (nSPS) is 23.6. The Morgan fingerprint density at radius 3 is 2.52 bits per heavy atom. The second kappa shape index (κ2) is 6.73. The molecule has 0 bridgehead atoms. The second-order valence-corrected chi connectivity index (χ2v) is 7.86. The van der Waals surface area contributed by atoms with Crippen molar-refractivity contribution < 1.29 is 9.59 Å². The molecule has 1 saturated carbocycles. The van der Waals surface area contributed by atoms with E-state index in [4.69, 9.17) is 0 Å². The lowest BCUT2D eigenvalue weighted by Crippen LogP contribution is -2.47. The van der Waals surface area contributed by atoms with Crippen molar-refractivity contribution in [3.63, 3.8) is 0 Å². The van der Waals surface area contributed by atoms with Gasteiger partial charge in [0.05, 0.1) is 23.4 Å². The molecule has 25 heavy (non-hydrogen) atoms. The Hall–Kier alpha value is -1.98. The summed E-state index contributed by atoms with van der Waals surface area (Å²) < 4.78 is 0. The summed E-state index contributed by atoms with van der Waals surface area (Å²) in [7, 11) is 0. The van der Waals surface area contributed by atoms with Crippen molar-refractivity contribution in [3.8, 4) is 0 Å². The minimum Gasteiger partial charge on any atom is -0.342 e. The number of carbonyl (C=O) groups is 2. The van der Waals surface area contributed by atoms with Crippen LogP contribution in [0.25, 0.3) is 0 Å². The highest BCUT2D eigenvalue weighted by Crippen LogP contribution is 2.42. The van der Waals surface area contributed by atoms with Crippen molar-refractivity contribution in [2.45, 2.75) is 44.9 Å². The zero-order valence-corrected chi connectivity index (χ0v) is 14.7. The van der Waals surface area contributed by atoms with Crippen LogP contribution in [0.4, 0.5) is 0 Å². The molecule has 4 rings (SSSR count). The summed E-state index contributed by atoms with van der Waals surface area (Å²) in [4.78, 5) is 29.5. The third-order valence-electron chi connectivity index (χ3n) is 6.39. The first-order valence-electron chi connectivity index (χ1n) is 9.53. The Morgan fingerprint density at radius 2 is 1.84 bits per heavy atom. The summed E-state index contributed by atoms with van der Waals surface area (Å²) in [5.74, 6) is 1.05. The number of piperidine rings is 1. The van der Waals surface area contributed by atoms with E-state index in [9.17, 15) is 9.59 Å². The smallest absolute Gasteiger partial charge is 0.255 e. The van der Waals surface area contributed by atoms with Gasteiger partial charge in [-0.15, -0.1) is 0 Å². The van der Waals surface area contributed by atoms with Crippen LogP contribution in [0, 0.1) is 11.3 Å². The Labute approximate surface area is 148 Å². The molecule has 2 aliphatic heterocycles. The van der Waals surface area contributed by atoms with Crippen molar-refractivity contribution in [1.82, 2.24) is 20.0 Å². The minimum atomic E-state index is -0.216. The maximum Gasteiger partial charge on any atom is 0.255 e. The molecule has 0 N–H and O–H groups in total. The van der Waals surface area contributed by atoms with Crippen LogP contribution in [-0.4, -0.2) is 58.0 Å². The van der Waals surface area contributed by atoms with Crippen LogP contribution in [0.3, 0.4) is 0 Å². The van der Waals surface area contributed by atoms with Gasteiger partial charge in [0.25, 0.3) is 5.91 Å². The Kier molecular flexibility index (Phi) is 4.44. The summed E-state index contributed by atoms with van der Waals surface area (Å²) in [6, 6.07) is 1.70. The molecule has 3 aliphatic rings. The largest absolute Gasteiger partial charge is 0.342 e. The van der Waals surface area contributed by atoms with Crippen molar-refractivity contribution in [3.05, 3.63) is 24.0 Å². The molecule has 2 amide bonds. The number of carbonyl (C=O) groups excluding carboxylic acids is 2. The van der Waals surface area contributed by atoms with Gasteiger partial charge >= 0.3 is 0 Å². The van der Waals surface area contributed by atoms with Gasteiger partial charge in [-0.25, -0.2) is 0 Å². The van der Waals surface area contributed by atoms with Crippen LogP contribution in [0.1, 0.15) is 55.3 Å². The first-order valence-corrected chi connectivity index (χ1v) is 9.53. The summed E-state index contributed by atoms with van der Waals surface area (Å²) in [5, 5.41) is 7.50. The topological polar surface area (TPSA) is 66.4 Å². The Morgan fingerprint density at radius 1 is 1.12 bits per heavy atom. The van der Waals surface area contributed by atoms with Crippen molar-refractivity contribution in [2.75, 3.05) is 26.2 Å². The van der Waals surface area contributed by atoms with Gasteiger partial charge in [-0.1, -0.05) is 12.8 Å². The molecule has 0 aromatic carbocycles. The second-order valence-electron chi connectivity index (χ2n) is 7.86. The number of likely N-dealkylation sites (tertiary alicyclic amines) is 2. The van der Waals surface area contributed by atoms with E-state index in [0.717, 1.165) is 32.4 Å². The summed E-state index contributed by atoms with van der Waals surface area (Å²) in [6.07, 6.45) is 10.8. The van der Waals surface area contributed by atoms with Crippen LogP contribution in [0.2, 0.25) is 0 Å². The highest BCUT2D eigenvalue weighted by molar-refractivity contribution is 5.94. The monoisotopic (exact) mass is 342 g/mol. The van der Waals surface area contributed by atoms with Gasteiger partial charge in [-0.3, -0.25) is 9.59 Å². The highest BCUT2D eigenvalue weighted by Gasteiger charge is 2.48. The molecule has 0 unspecified atom stereocenters. The van der Waals surface area contributed by atoms with Gasteiger partial charge in [-0.05, 0) is 44.1 Å². The molecule has 1 aromatic rings. The maximum absolute atomic E-state index is 13.0. The van der Waals surface area contributed by atoms with E-state index in [2.05, 4.69) is 15.1 Å². The van der Waals surface area contributed by atoms with E-state index in [1.54, 1.807) is 12.3 Å². The Bertz CT molecular complexity index is 634. The molecule has 3 heterocycles. The number of rotatable bonds is 3. The van der Waals surface area contributed by atoms with Gasteiger partial charge in [0.15, 0.2) is 0 Å². The fourth-order valence-corrected chi connectivity index (χ4v) is 4.77. The highest BCUT2D eigenvalue weighted by atomic mass is 16.2. The summed E-state index contributed by atoms with van der Waals surface area (Å²) in [6.45, 7) is 3.16. The SMILES string of the molecule is O=C(c1ccnnc1)N1CCC2(CC1)CCN(CC1CCCC1)C2=O. The van der Waals surface area contributed by atoms with Crippen LogP contribution in [-0.2, 0) is 4.79 Å². The third kappa shape index (κ3) is 3.14. The molecule has 1 spiro atoms. The summed E-state index contributed by atoms with van der Waals surface area (Å²) in [5.41, 5.74) is 0.359. The van der Waals surface area contributed by atoms with E-state index in [1.807, 2.05) is 4.90 Å². The zero-order valence-electron chi connectivity index (χ0n) is 14.7. The molecule has 0 radical (unpaired) electrons. The lowest BCUT2D eigenvalue weighted by Gasteiger charge is -2.38. The van der Waals surface area contributed by atoms with Gasteiger partial charge in [-0.2, -0.15) is 10.2 Å². The quantitative estimate of drug-likeness (QED) is 0.844. The fraction of sp³-hybridized carbons (Fsp3) is 0.684. The van der Waals surface area contributed by atoms with Gasteiger partial charge < -0.3 is 9.80 Å². The molecule has 6 heteroatoms. The number of hydrogen-bond acceptors (Lipinski definition) is 4. The fourth-order valence-electron chi connectivity index (χ4n) is 4.77. The van der Waals surface area contributed by atoms with E-state index >= 15 is 0 Å². The van der Waals surface area contributed by atoms with Crippen molar-refractivity contribution >= 4 is 11.8 Å². The number of hydrogen-bond donors (Lipinski definition) is 0. The van der Waals surface area contributed by atoms with E-state index in [-0.39, 0.29) is 11.3 Å². The first-order chi connectivity index (χ1) is 12.2. The van der Waals surface area contributed by atoms with Crippen LogP contribution < -0.4 is 0 Å². The average molecular weight is 342 g/mol. The molecule has 0 atom stereocenters. The van der Waals surface area contributed by atoms with E-state index in [1.165, 1.54) is 31.9 Å². The predicted octanol–water partition coefficient (Wildman–Crippen LogP) is 2.12. The molecule has 3 fully saturated rings. The van der Waals surface area contributed by atoms with Gasteiger partial charge in [0.2, 0.25) is 5.91 Å². The molecule has 6 nitrogen and oxygen atoms in total. The first kappa shape index (κ1) is 16.5. The van der Waals surface area contributed by atoms with Crippen LogP contribution in [0.5, 0.6) is 0 Å². The van der Waals surface area contributed by atoms with Gasteiger partial charge in [0.1, 0.15) is 0 Å². The number of nitrogens with zero attached hydrogens (tertiary/aromatic N) is 4. The Balaban J connectivity index is 1.36. The van der Waals surface area contributed by atoms with Crippen LogP contribution >= 0.6 is 0 Å². The summed E-state index contributed by atoms with van der Waals surface area (Å²) >= 11 is 0. The van der Waals surface area contributed by atoms with Crippen molar-refractivity contribution in [2.24, 2.45) is 11.3 Å². The lowest BCUT2D eigenvalue weighted by molar-refractivity contribution is -0.138. The molecular weight excluding hydrogens is 316 g/mol. The molecule has 1 aliphatic carbocycles. The minimum absolute atomic E-state index is 0.00184. The third-order valence-corrected chi connectivity index (χ3v) is 6.39. The van der Waals surface area contributed by atoms with E-state index < -0.39 is 0 Å². The number of amides is 2.